The summed E-state index contributed by atoms with van der Waals surface area (Å²) in [7, 11) is 2.02. The number of amides is 1. The van der Waals surface area contributed by atoms with Gasteiger partial charge >= 0.3 is 0 Å². The van der Waals surface area contributed by atoms with Crippen molar-refractivity contribution < 1.29 is 9.32 Å². The van der Waals surface area contributed by atoms with Gasteiger partial charge in [0, 0.05) is 37.2 Å². The zero-order chi connectivity index (χ0) is 22.1. The first-order valence-electron chi connectivity index (χ1n) is 12.1. The number of hydrogen-bond acceptors (Lipinski definition) is 5. The highest BCUT2D eigenvalue weighted by Crippen LogP contribution is 2.32. The number of carbonyl (C=O) groups excluding carboxylic acids is 1. The van der Waals surface area contributed by atoms with E-state index in [4.69, 9.17) is 4.52 Å². The third-order valence-corrected chi connectivity index (χ3v) is 7.34. The van der Waals surface area contributed by atoms with Crippen molar-refractivity contribution in [2.75, 3.05) is 18.4 Å². The molecule has 2 fully saturated rings. The Hall–Kier alpha value is -2.67. The lowest BCUT2D eigenvalue weighted by atomic mass is 9.89. The molecule has 0 atom stereocenters. The van der Waals surface area contributed by atoms with E-state index in [1.54, 1.807) is 0 Å². The minimum atomic E-state index is -0.269. The number of piperidine rings is 1. The molecule has 1 aromatic carbocycles. The van der Waals surface area contributed by atoms with Crippen LogP contribution in [-0.4, -0.2) is 44.6 Å². The van der Waals surface area contributed by atoms with Crippen LogP contribution in [0.1, 0.15) is 79.9 Å². The van der Waals surface area contributed by atoms with Crippen molar-refractivity contribution in [3.8, 4) is 0 Å². The van der Waals surface area contributed by atoms with Gasteiger partial charge in [0.2, 0.25) is 5.76 Å². The van der Waals surface area contributed by atoms with E-state index in [1.165, 1.54) is 32.1 Å². The molecule has 1 saturated carbocycles. The maximum Gasteiger partial charge on any atom is 0.294 e. The molecule has 2 aromatic heterocycles. The Morgan fingerprint density at radius 3 is 2.66 bits per heavy atom. The van der Waals surface area contributed by atoms with Crippen molar-refractivity contribution in [2.45, 2.75) is 70.3 Å². The van der Waals surface area contributed by atoms with Crippen LogP contribution < -0.4 is 5.32 Å². The van der Waals surface area contributed by atoms with E-state index >= 15 is 0 Å². The lowest BCUT2D eigenvalue weighted by molar-refractivity contribution is 0.0987. The van der Waals surface area contributed by atoms with Crippen LogP contribution in [-0.2, 0) is 13.5 Å². The summed E-state index contributed by atoms with van der Waals surface area (Å²) in [5.74, 6) is 1.40. The Kier molecular flexibility index (Phi) is 6.00. The molecule has 1 amide bonds. The minimum Gasteiger partial charge on any atom is -0.351 e. The Balaban J connectivity index is 1.21. The van der Waals surface area contributed by atoms with Gasteiger partial charge in [0.05, 0.1) is 16.7 Å². The molecule has 7 heteroatoms. The Morgan fingerprint density at radius 2 is 1.91 bits per heavy atom. The molecule has 0 bridgehead atoms. The summed E-state index contributed by atoms with van der Waals surface area (Å²) in [6.07, 6.45) is 9.88. The molecule has 2 aliphatic rings. The summed E-state index contributed by atoms with van der Waals surface area (Å²) in [6, 6.07) is 8.39. The second kappa shape index (κ2) is 9.06. The Morgan fingerprint density at radius 1 is 1.12 bits per heavy atom. The molecule has 1 aliphatic carbocycles. The third-order valence-electron chi connectivity index (χ3n) is 7.34. The van der Waals surface area contributed by atoms with Crippen LogP contribution in [0, 0.1) is 0 Å². The van der Waals surface area contributed by atoms with Crippen LogP contribution >= 0.6 is 0 Å². The average Bonchev–Trinajstić information content (AvgIpc) is 3.45. The van der Waals surface area contributed by atoms with Gasteiger partial charge < -0.3 is 19.3 Å². The zero-order valence-corrected chi connectivity index (χ0v) is 19.1. The van der Waals surface area contributed by atoms with Crippen molar-refractivity contribution >= 4 is 22.6 Å². The first kappa shape index (κ1) is 21.2. The fourth-order valence-electron chi connectivity index (χ4n) is 5.43. The van der Waals surface area contributed by atoms with Crippen LogP contribution in [0.15, 0.2) is 28.8 Å². The van der Waals surface area contributed by atoms with Crippen LogP contribution in [0.2, 0.25) is 0 Å². The quantitative estimate of drug-likeness (QED) is 0.618. The molecule has 0 spiro atoms. The number of hydrogen-bond donors (Lipinski definition) is 1. The predicted octanol–water partition coefficient (Wildman–Crippen LogP) is 4.89. The van der Waals surface area contributed by atoms with Gasteiger partial charge in [0.15, 0.2) is 0 Å². The second-order valence-electron chi connectivity index (χ2n) is 9.32. The summed E-state index contributed by atoms with van der Waals surface area (Å²) in [5, 5.41) is 7.18. The normalized spacial score (nSPS) is 18.9. The fraction of sp³-hybridized carbons (Fsp3) is 0.560. The molecule has 1 saturated heterocycles. The number of nitrogens with one attached hydrogen (secondary N) is 1. The predicted molar refractivity (Wildman–Crippen MR) is 125 cm³/mol. The first-order chi connectivity index (χ1) is 15.6. The molecule has 32 heavy (non-hydrogen) atoms. The summed E-state index contributed by atoms with van der Waals surface area (Å²) in [6.45, 7) is 4.33. The smallest absolute Gasteiger partial charge is 0.294 e. The Labute approximate surface area is 189 Å². The number of rotatable bonds is 5. The number of aryl methyl sites for hydroxylation is 2. The highest BCUT2D eigenvalue weighted by molar-refractivity contribution is 6.03. The number of fused-ring (bicyclic) bond motifs is 1. The summed E-state index contributed by atoms with van der Waals surface area (Å²) in [5.41, 5.74) is 3.56. The van der Waals surface area contributed by atoms with Gasteiger partial charge in [0.25, 0.3) is 5.91 Å². The number of likely N-dealkylation sites (tertiary alicyclic amines) is 1. The van der Waals surface area contributed by atoms with Gasteiger partial charge in [-0.15, -0.1) is 0 Å². The van der Waals surface area contributed by atoms with E-state index in [2.05, 4.69) is 31.8 Å². The first-order valence-corrected chi connectivity index (χ1v) is 12.1. The highest BCUT2D eigenvalue weighted by atomic mass is 16.5. The molecule has 1 N–H and O–H groups in total. The monoisotopic (exact) mass is 435 g/mol. The number of benzene rings is 1. The molecular weight excluding hydrogens is 402 g/mol. The Bertz CT molecular complexity index is 1090. The van der Waals surface area contributed by atoms with Crippen molar-refractivity contribution in [1.82, 2.24) is 19.6 Å². The van der Waals surface area contributed by atoms with E-state index in [0.29, 0.717) is 11.6 Å². The van der Waals surface area contributed by atoms with Gasteiger partial charge in [-0.2, -0.15) is 0 Å². The highest BCUT2D eigenvalue weighted by Gasteiger charge is 2.29. The van der Waals surface area contributed by atoms with Crippen LogP contribution in [0.3, 0.4) is 0 Å². The van der Waals surface area contributed by atoms with Crippen LogP contribution in [0.25, 0.3) is 11.0 Å². The number of nitrogens with zero attached hydrogens (tertiary/aromatic N) is 4. The molecule has 0 radical (unpaired) electrons. The summed E-state index contributed by atoms with van der Waals surface area (Å²) in [4.78, 5) is 20.1. The van der Waals surface area contributed by atoms with Crippen molar-refractivity contribution in [2.24, 2.45) is 7.05 Å². The van der Waals surface area contributed by atoms with Crippen molar-refractivity contribution in [1.29, 1.82) is 0 Å². The van der Waals surface area contributed by atoms with Crippen molar-refractivity contribution in [3.05, 3.63) is 41.5 Å². The molecular formula is C25H33N5O2. The molecule has 1 aliphatic heterocycles. The number of carbonyl (C=O) groups is 1. The topological polar surface area (TPSA) is 76.2 Å². The number of aromatic nitrogens is 3. The maximum atomic E-state index is 12.8. The third kappa shape index (κ3) is 4.18. The van der Waals surface area contributed by atoms with Gasteiger partial charge in [-0.25, -0.2) is 4.98 Å². The summed E-state index contributed by atoms with van der Waals surface area (Å²) >= 11 is 0. The zero-order valence-electron chi connectivity index (χ0n) is 19.1. The number of anilines is 1. The SMILES string of the molecule is CCc1nc2cc(NC(=O)c3cc(C4CCN(C5CCCCC5)CC4)no3)ccc2n1C. The maximum absolute atomic E-state index is 12.8. The standard InChI is InChI=1S/C25H33N5O2/c1-3-24-27-21-15-18(9-10-22(21)29(24)2)26-25(31)23-16-20(28-32-23)17-11-13-30(14-12-17)19-7-5-4-6-8-19/h9-10,15-17,19H,3-8,11-14H2,1-2H3,(H,26,31). The van der Waals surface area contributed by atoms with E-state index in [1.807, 2.05) is 31.3 Å². The lowest BCUT2D eigenvalue weighted by Crippen LogP contribution is -2.41. The lowest BCUT2D eigenvalue weighted by Gasteiger charge is -2.38. The molecule has 7 nitrogen and oxygen atoms in total. The van der Waals surface area contributed by atoms with Gasteiger partial charge in [-0.05, 0) is 57.0 Å². The van der Waals surface area contributed by atoms with E-state index in [-0.39, 0.29) is 11.7 Å². The minimum absolute atomic E-state index is 0.269. The summed E-state index contributed by atoms with van der Waals surface area (Å²) < 4.78 is 7.51. The molecule has 3 heterocycles. The average molecular weight is 436 g/mol. The van der Waals surface area contributed by atoms with Crippen molar-refractivity contribution in [3.63, 3.8) is 0 Å². The van der Waals surface area contributed by atoms with Gasteiger partial charge in [-0.1, -0.05) is 31.3 Å². The van der Waals surface area contributed by atoms with E-state index in [9.17, 15) is 4.79 Å². The fourth-order valence-corrected chi connectivity index (χ4v) is 5.43. The van der Waals surface area contributed by atoms with Gasteiger partial charge in [0.1, 0.15) is 5.82 Å². The van der Waals surface area contributed by atoms with Gasteiger partial charge in [-0.3, -0.25) is 4.79 Å². The number of imidazole rings is 1. The van der Waals surface area contributed by atoms with E-state index in [0.717, 1.165) is 60.9 Å². The van der Waals surface area contributed by atoms with E-state index < -0.39 is 0 Å². The second-order valence-corrected chi connectivity index (χ2v) is 9.32. The molecule has 170 valence electrons. The van der Waals surface area contributed by atoms with Crippen LogP contribution in [0.5, 0.6) is 0 Å². The molecule has 5 rings (SSSR count). The largest absolute Gasteiger partial charge is 0.351 e. The van der Waals surface area contributed by atoms with Crippen LogP contribution in [0.4, 0.5) is 5.69 Å². The molecule has 0 unspecified atom stereocenters. The molecule has 3 aromatic rings.